The lowest BCUT2D eigenvalue weighted by molar-refractivity contribution is -0.148. The van der Waals surface area contributed by atoms with Crippen LogP contribution in [0.25, 0.3) is 0 Å². The molecule has 3 fully saturated rings. The van der Waals surface area contributed by atoms with Crippen molar-refractivity contribution in [1.29, 1.82) is 0 Å². The van der Waals surface area contributed by atoms with Gasteiger partial charge in [-0.1, -0.05) is 123 Å². The molecule has 0 aromatic carbocycles. The lowest BCUT2D eigenvalue weighted by Gasteiger charge is -2.46. The molecular formula is C47H85N3O4. The van der Waals surface area contributed by atoms with Crippen molar-refractivity contribution in [2.45, 2.75) is 219 Å². The summed E-state index contributed by atoms with van der Waals surface area (Å²) < 4.78 is 13.6. The normalized spacial score (nSPS) is 18.2. The van der Waals surface area contributed by atoms with Gasteiger partial charge in [0.25, 0.3) is 0 Å². The summed E-state index contributed by atoms with van der Waals surface area (Å²) in [5.41, 5.74) is 0.278. The van der Waals surface area contributed by atoms with Crippen LogP contribution in [-0.2, 0) is 25.6 Å². The Hall–Kier alpha value is -1.89. The van der Waals surface area contributed by atoms with Gasteiger partial charge in [0.05, 0.1) is 26.0 Å². The third kappa shape index (κ3) is 22.0. The fraction of sp³-hybridized carbons (Fsp3) is 0.894. The highest BCUT2D eigenvalue weighted by Crippen LogP contribution is 2.52. The second kappa shape index (κ2) is 30.3. The maximum atomic E-state index is 12.5. The number of esters is 2. The molecule has 7 nitrogen and oxygen atoms in total. The van der Waals surface area contributed by atoms with E-state index < -0.39 is 0 Å². The molecule has 0 aliphatic heterocycles. The van der Waals surface area contributed by atoms with Crippen LogP contribution in [0.2, 0.25) is 0 Å². The Labute approximate surface area is 332 Å². The molecule has 1 aromatic heterocycles. The van der Waals surface area contributed by atoms with Crippen LogP contribution in [0, 0.1) is 17.3 Å². The van der Waals surface area contributed by atoms with Gasteiger partial charge in [-0.25, -0.2) is 4.98 Å². The number of hydrogen-bond donors (Lipinski definition) is 0. The summed E-state index contributed by atoms with van der Waals surface area (Å²) in [6, 6.07) is 0. The average molecular weight is 756 g/mol. The van der Waals surface area contributed by atoms with Gasteiger partial charge in [0, 0.05) is 25.4 Å². The highest BCUT2D eigenvalue weighted by Gasteiger charge is 2.41. The molecule has 0 N–H and O–H groups in total. The number of aromatic nitrogens is 2. The highest BCUT2D eigenvalue weighted by atomic mass is 16.5. The monoisotopic (exact) mass is 756 g/mol. The van der Waals surface area contributed by atoms with Gasteiger partial charge in [-0.05, 0) is 114 Å². The molecule has 1 heterocycles. The Morgan fingerprint density at radius 2 is 1.22 bits per heavy atom. The predicted octanol–water partition coefficient (Wildman–Crippen LogP) is 12.7. The zero-order valence-electron chi connectivity index (χ0n) is 35.5. The number of carbonyl (C=O) groups is 2. The molecule has 3 saturated carbocycles. The molecule has 0 unspecified atom stereocenters. The molecule has 4 rings (SSSR count). The predicted molar refractivity (Wildman–Crippen MR) is 224 cm³/mol. The Balaban J connectivity index is 1.19. The number of aryl methyl sites for hydroxylation is 1. The lowest BCUT2D eigenvalue weighted by Crippen LogP contribution is -2.36. The molecule has 7 heteroatoms. The molecule has 0 radical (unpaired) electrons. The maximum absolute atomic E-state index is 12.5. The van der Waals surface area contributed by atoms with Crippen LogP contribution in [0.3, 0.4) is 0 Å². The van der Waals surface area contributed by atoms with Crippen molar-refractivity contribution in [3.05, 3.63) is 18.7 Å². The molecule has 0 spiro atoms. The van der Waals surface area contributed by atoms with Gasteiger partial charge >= 0.3 is 11.9 Å². The second-order valence-corrected chi connectivity index (χ2v) is 17.6. The molecule has 312 valence electrons. The van der Waals surface area contributed by atoms with E-state index in [-0.39, 0.29) is 17.4 Å². The van der Waals surface area contributed by atoms with Crippen molar-refractivity contribution in [2.24, 2.45) is 17.3 Å². The lowest BCUT2D eigenvalue weighted by atomic mass is 9.59. The Kier molecular flexibility index (Phi) is 26.1. The fourth-order valence-corrected chi connectivity index (χ4v) is 9.22. The minimum absolute atomic E-state index is 0.00862. The third-order valence-electron chi connectivity index (χ3n) is 12.9. The summed E-state index contributed by atoms with van der Waals surface area (Å²) in [7, 11) is 0. The zero-order valence-corrected chi connectivity index (χ0v) is 35.5. The molecular weight excluding hydrogens is 671 g/mol. The summed E-state index contributed by atoms with van der Waals surface area (Å²) in [5, 5.41) is 0. The standard InChI is InChI=1S/C47H85N3O4/c1-3-5-7-16-23-43(24-17-8-6-4-2)29-40-54-45(51)25-18-12-11-14-20-35-49(36-22-37-50-38-33-48-42-50)34-19-13-9-10-15-21-39-53-46(52)41-47-30-26-44(27-31-47)28-32-47/h33,38,42-44H,3-32,34-37,39-41H2,1-2H3. The summed E-state index contributed by atoms with van der Waals surface area (Å²) in [6.45, 7) is 10.3. The number of unbranched alkanes of at least 4 members (excludes halogenated alkanes) is 15. The smallest absolute Gasteiger partial charge is 0.306 e. The van der Waals surface area contributed by atoms with Gasteiger partial charge in [0.2, 0.25) is 0 Å². The van der Waals surface area contributed by atoms with Gasteiger partial charge < -0.3 is 18.9 Å². The Morgan fingerprint density at radius 3 is 1.83 bits per heavy atom. The second-order valence-electron chi connectivity index (χ2n) is 17.6. The van der Waals surface area contributed by atoms with Crippen LogP contribution in [0.5, 0.6) is 0 Å². The third-order valence-corrected chi connectivity index (χ3v) is 12.9. The highest BCUT2D eigenvalue weighted by molar-refractivity contribution is 5.70. The van der Waals surface area contributed by atoms with Crippen molar-refractivity contribution >= 4 is 11.9 Å². The van der Waals surface area contributed by atoms with E-state index in [0.29, 0.717) is 26.1 Å². The van der Waals surface area contributed by atoms with Crippen LogP contribution in [-0.4, -0.2) is 59.2 Å². The van der Waals surface area contributed by atoms with Crippen molar-refractivity contribution < 1.29 is 19.1 Å². The van der Waals surface area contributed by atoms with E-state index in [9.17, 15) is 9.59 Å². The van der Waals surface area contributed by atoms with Crippen molar-refractivity contribution in [3.8, 4) is 0 Å². The first-order chi connectivity index (χ1) is 26.5. The Bertz CT molecular complexity index is 1010. The van der Waals surface area contributed by atoms with Crippen molar-refractivity contribution in [3.63, 3.8) is 0 Å². The van der Waals surface area contributed by atoms with Gasteiger partial charge in [-0.2, -0.15) is 0 Å². The van der Waals surface area contributed by atoms with Crippen LogP contribution in [0.1, 0.15) is 213 Å². The molecule has 0 saturated heterocycles. The van der Waals surface area contributed by atoms with Gasteiger partial charge in [0.15, 0.2) is 0 Å². The minimum Gasteiger partial charge on any atom is -0.466 e. The quantitative estimate of drug-likeness (QED) is 0.0501. The van der Waals surface area contributed by atoms with E-state index in [4.69, 9.17) is 9.47 Å². The summed E-state index contributed by atoms with van der Waals surface area (Å²) in [4.78, 5) is 31.8. The minimum atomic E-state index is 0.00862. The first-order valence-electron chi connectivity index (χ1n) is 23.5. The number of nitrogens with zero attached hydrogens (tertiary/aromatic N) is 3. The first kappa shape index (κ1) is 46.5. The molecule has 3 aliphatic rings. The summed E-state index contributed by atoms with van der Waals surface area (Å²) in [6.07, 6.45) is 43.1. The van der Waals surface area contributed by atoms with Gasteiger partial charge in [-0.15, -0.1) is 0 Å². The first-order valence-corrected chi connectivity index (χ1v) is 23.5. The van der Waals surface area contributed by atoms with Crippen molar-refractivity contribution in [2.75, 3.05) is 32.8 Å². The van der Waals surface area contributed by atoms with E-state index in [1.807, 2.05) is 12.5 Å². The molecule has 0 amide bonds. The topological polar surface area (TPSA) is 73.7 Å². The number of rotatable bonds is 36. The number of carbonyl (C=O) groups excluding carboxylic acids is 2. The largest absolute Gasteiger partial charge is 0.466 e. The van der Waals surface area contributed by atoms with E-state index >= 15 is 0 Å². The van der Waals surface area contributed by atoms with Crippen LogP contribution in [0.4, 0.5) is 0 Å². The molecule has 3 aliphatic carbocycles. The zero-order chi connectivity index (χ0) is 38.4. The van der Waals surface area contributed by atoms with Gasteiger partial charge in [0.1, 0.15) is 0 Å². The van der Waals surface area contributed by atoms with Crippen LogP contribution >= 0.6 is 0 Å². The Morgan fingerprint density at radius 1 is 0.667 bits per heavy atom. The number of imidazole rings is 1. The number of hydrogen-bond acceptors (Lipinski definition) is 6. The molecule has 0 atom stereocenters. The maximum Gasteiger partial charge on any atom is 0.306 e. The van der Waals surface area contributed by atoms with E-state index in [1.54, 1.807) is 0 Å². The summed E-state index contributed by atoms with van der Waals surface area (Å²) in [5.74, 6) is 1.72. The van der Waals surface area contributed by atoms with E-state index in [0.717, 1.165) is 70.0 Å². The molecule has 2 bridgehead atoms. The summed E-state index contributed by atoms with van der Waals surface area (Å²) >= 11 is 0. The fourth-order valence-electron chi connectivity index (χ4n) is 9.22. The van der Waals surface area contributed by atoms with Crippen molar-refractivity contribution in [1.82, 2.24) is 14.5 Å². The van der Waals surface area contributed by atoms with E-state index in [2.05, 4.69) is 34.5 Å². The van der Waals surface area contributed by atoms with E-state index in [1.165, 1.54) is 154 Å². The average Bonchev–Trinajstić information content (AvgIpc) is 3.70. The molecule has 1 aromatic rings. The molecule has 54 heavy (non-hydrogen) atoms. The van der Waals surface area contributed by atoms with Crippen LogP contribution in [0.15, 0.2) is 18.7 Å². The van der Waals surface area contributed by atoms with Gasteiger partial charge in [-0.3, -0.25) is 9.59 Å². The number of fused-ring (bicyclic) bond motifs is 3. The number of ether oxygens (including phenoxy) is 2. The van der Waals surface area contributed by atoms with Crippen LogP contribution < -0.4 is 0 Å². The SMILES string of the molecule is CCCCCCC(CCCCCC)CCOC(=O)CCCCCCCN(CCCCCCCCOC(=O)CC12CCC(CC1)CC2)CCCn1ccnc1.